The van der Waals surface area contributed by atoms with Crippen molar-refractivity contribution in [2.24, 2.45) is 11.1 Å². The fourth-order valence-corrected chi connectivity index (χ4v) is 3.49. The summed E-state index contributed by atoms with van der Waals surface area (Å²) in [7, 11) is 0. The molecule has 160 valence electrons. The molecule has 0 heterocycles. The Balaban J connectivity index is 1.48. The minimum atomic E-state index is -4.70. The van der Waals surface area contributed by atoms with Crippen molar-refractivity contribution in [3.63, 3.8) is 0 Å². The Hall–Kier alpha value is -3.28. The lowest BCUT2D eigenvalue weighted by Gasteiger charge is -2.12. The minimum Gasteiger partial charge on any atom is -0.406 e. The molecular weight excluding hydrogens is 403 g/mol. The summed E-state index contributed by atoms with van der Waals surface area (Å²) in [6, 6.07) is 22.0. The molecule has 0 unspecified atom stereocenters. The van der Waals surface area contributed by atoms with E-state index in [1.807, 2.05) is 30.3 Å². The van der Waals surface area contributed by atoms with Gasteiger partial charge in [-0.1, -0.05) is 53.7 Å². The van der Waals surface area contributed by atoms with E-state index in [-0.39, 0.29) is 11.7 Å². The Morgan fingerprint density at radius 1 is 0.935 bits per heavy atom. The minimum absolute atomic E-state index is 0.249. The molecule has 3 nitrogen and oxygen atoms in total. The van der Waals surface area contributed by atoms with E-state index in [1.54, 1.807) is 12.1 Å². The molecule has 6 heteroatoms. The molecule has 1 fully saturated rings. The van der Waals surface area contributed by atoms with Crippen LogP contribution in [0.5, 0.6) is 5.75 Å². The highest BCUT2D eigenvalue weighted by molar-refractivity contribution is 6.03. The van der Waals surface area contributed by atoms with Gasteiger partial charge in [0.15, 0.2) is 0 Å². The molecule has 0 amide bonds. The molecule has 0 spiro atoms. The van der Waals surface area contributed by atoms with Crippen LogP contribution in [0.25, 0.3) is 11.1 Å². The van der Waals surface area contributed by atoms with Crippen molar-refractivity contribution < 1.29 is 22.7 Å². The number of nitrogens with zero attached hydrogens (tertiary/aromatic N) is 1. The first-order chi connectivity index (χ1) is 14.9. The van der Waals surface area contributed by atoms with E-state index in [2.05, 4.69) is 35.0 Å². The maximum absolute atomic E-state index is 12.4. The van der Waals surface area contributed by atoms with Crippen molar-refractivity contribution in [1.29, 1.82) is 0 Å². The zero-order valence-electron chi connectivity index (χ0n) is 17.0. The zero-order valence-corrected chi connectivity index (χ0v) is 17.0. The highest BCUT2D eigenvalue weighted by Crippen LogP contribution is 2.34. The molecule has 1 aliphatic rings. The van der Waals surface area contributed by atoms with E-state index in [0.717, 1.165) is 46.4 Å². The molecule has 1 aliphatic carbocycles. The molecule has 0 aliphatic heterocycles. The second kappa shape index (κ2) is 8.84. The maximum Gasteiger partial charge on any atom is 0.573 e. The second-order valence-electron chi connectivity index (χ2n) is 7.55. The molecule has 3 aromatic rings. The number of ether oxygens (including phenoxy) is 1. The molecule has 3 aromatic carbocycles. The van der Waals surface area contributed by atoms with Crippen LogP contribution in [-0.2, 0) is 11.4 Å². The van der Waals surface area contributed by atoms with Gasteiger partial charge >= 0.3 is 6.36 Å². The van der Waals surface area contributed by atoms with E-state index in [1.165, 1.54) is 12.1 Å². The van der Waals surface area contributed by atoms with Crippen molar-refractivity contribution in [2.75, 3.05) is 0 Å². The van der Waals surface area contributed by atoms with Crippen molar-refractivity contribution in [3.8, 4) is 16.9 Å². The molecule has 0 radical (unpaired) electrons. The first-order valence-corrected chi connectivity index (χ1v) is 10.1. The topological polar surface area (TPSA) is 30.8 Å². The predicted octanol–water partition coefficient (Wildman–Crippen LogP) is 6.89. The second-order valence-corrected chi connectivity index (χ2v) is 7.55. The summed E-state index contributed by atoms with van der Waals surface area (Å²) < 4.78 is 41.1. The largest absolute Gasteiger partial charge is 0.573 e. The number of oxime groups is 1. The number of hydrogen-bond donors (Lipinski definition) is 0. The summed E-state index contributed by atoms with van der Waals surface area (Å²) >= 11 is 0. The fourth-order valence-electron chi connectivity index (χ4n) is 3.49. The van der Waals surface area contributed by atoms with Crippen molar-refractivity contribution >= 4 is 5.71 Å². The number of rotatable bonds is 7. The van der Waals surface area contributed by atoms with Crippen molar-refractivity contribution in [1.82, 2.24) is 0 Å². The standard InChI is InChI=1S/C25H22F3NO2/c1-17-21(8-5-9-23(17)18-6-3-2-4-7-18)16-30-29-24(19-10-11-19)20-12-14-22(15-13-20)31-25(26,27)28/h2-9,12-15,19H,10-11,16H2,1H3. The van der Waals surface area contributed by atoms with E-state index in [9.17, 15) is 13.2 Å². The predicted molar refractivity (Wildman–Crippen MR) is 114 cm³/mol. The monoisotopic (exact) mass is 425 g/mol. The van der Waals surface area contributed by atoms with Gasteiger partial charge in [-0.25, -0.2) is 0 Å². The third-order valence-corrected chi connectivity index (χ3v) is 5.26. The lowest BCUT2D eigenvalue weighted by molar-refractivity contribution is -0.274. The van der Waals surface area contributed by atoms with Gasteiger partial charge in [0.2, 0.25) is 0 Å². The van der Waals surface area contributed by atoms with Crippen LogP contribution in [0.4, 0.5) is 13.2 Å². The Morgan fingerprint density at radius 2 is 1.65 bits per heavy atom. The fraction of sp³-hybridized carbons (Fsp3) is 0.240. The molecule has 0 saturated heterocycles. The smallest absolute Gasteiger partial charge is 0.406 e. The normalized spacial score (nSPS) is 14.4. The average molecular weight is 425 g/mol. The quantitative estimate of drug-likeness (QED) is 0.305. The third-order valence-electron chi connectivity index (χ3n) is 5.26. The lowest BCUT2D eigenvalue weighted by atomic mass is 9.97. The third kappa shape index (κ3) is 5.45. The van der Waals surface area contributed by atoms with E-state index < -0.39 is 6.36 Å². The number of hydrogen-bond acceptors (Lipinski definition) is 3. The van der Waals surface area contributed by atoms with Gasteiger partial charge in [0.05, 0.1) is 5.71 Å². The summed E-state index contributed by atoms with van der Waals surface area (Å²) in [6.07, 6.45) is -2.72. The van der Waals surface area contributed by atoms with E-state index in [4.69, 9.17) is 4.84 Å². The average Bonchev–Trinajstić information content (AvgIpc) is 3.58. The van der Waals surface area contributed by atoms with Crippen molar-refractivity contribution in [2.45, 2.75) is 32.7 Å². The molecular formula is C25H22F3NO2. The summed E-state index contributed by atoms with van der Waals surface area (Å²) in [4.78, 5) is 5.70. The summed E-state index contributed by atoms with van der Waals surface area (Å²) in [5.41, 5.74) is 5.96. The maximum atomic E-state index is 12.4. The molecule has 0 aromatic heterocycles. The van der Waals surface area contributed by atoms with Gasteiger partial charge in [0.1, 0.15) is 12.4 Å². The van der Waals surface area contributed by atoms with Gasteiger partial charge in [-0.3, -0.25) is 0 Å². The van der Waals surface area contributed by atoms with Gasteiger partial charge in [-0.15, -0.1) is 13.2 Å². The lowest BCUT2D eigenvalue weighted by Crippen LogP contribution is -2.17. The first-order valence-electron chi connectivity index (χ1n) is 10.1. The van der Waals surface area contributed by atoms with Crippen LogP contribution < -0.4 is 4.74 Å². The molecule has 31 heavy (non-hydrogen) atoms. The van der Waals surface area contributed by atoms with Gasteiger partial charge in [0, 0.05) is 5.92 Å². The van der Waals surface area contributed by atoms with Crippen LogP contribution >= 0.6 is 0 Å². The van der Waals surface area contributed by atoms with Crippen LogP contribution in [0.15, 0.2) is 78.0 Å². The van der Waals surface area contributed by atoms with Crippen LogP contribution in [-0.4, -0.2) is 12.1 Å². The van der Waals surface area contributed by atoms with Gasteiger partial charge in [0.25, 0.3) is 0 Å². The Labute approximate surface area is 179 Å². The van der Waals surface area contributed by atoms with Gasteiger partial charge in [-0.05, 0) is 71.8 Å². The zero-order chi connectivity index (χ0) is 21.8. The molecule has 1 saturated carbocycles. The Kier molecular flexibility index (Phi) is 5.98. The highest BCUT2D eigenvalue weighted by atomic mass is 19.4. The van der Waals surface area contributed by atoms with Gasteiger partial charge in [-0.2, -0.15) is 0 Å². The molecule has 0 atom stereocenters. The van der Waals surface area contributed by atoms with Gasteiger partial charge < -0.3 is 9.57 Å². The number of alkyl halides is 3. The highest BCUT2D eigenvalue weighted by Gasteiger charge is 2.32. The van der Waals surface area contributed by atoms with Crippen LogP contribution in [0.2, 0.25) is 0 Å². The van der Waals surface area contributed by atoms with Crippen LogP contribution in [0.3, 0.4) is 0 Å². The number of benzene rings is 3. The first kappa shape index (κ1) is 21.0. The molecule has 0 N–H and O–H groups in total. The number of halogens is 3. The molecule has 4 rings (SSSR count). The van der Waals surface area contributed by atoms with Crippen LogP contribution in [0.1, 0.15) is 29.5 Å². The van der Waals surface area contributed by atoms with E-state index >= 15 is 0 Å². The summed E-state index contributed by atoms with van der Waals surface area (Å²) in [5.74, 6) is 0.0202. The SMILES string of the molecule is Cc1c(CON=C(c2ccc(OC(F)(F)F)cc2)C2CC2)cccc1-c1ccccc1. The van der Waals surface area contributed by atoms with Crippen LogP contribution in [0, 0.1) is 12.8 Å². The Morgan fingerprint density at radius 3 is 2.29 bits per heavy atom. The van der Waals surface area contributed by atoms with E-state index in [0.29, 0.717) is 6.61 Å². The molecule has 0 bridgehead atoms. The summed E-state index contributed by atoms with van der Waals surface area (Å²) in [5, 5.41) is 4.35. The Bertz CT molecular complexity index is 1060. The summed E-state index contributed by atoms with van der Waals surface area (Å²) in [6.45, 7) is 2.38. The van der Waals surface area contributed by atoms with Crippen molar-refractivity contribution in [3.05, 3.63) is 89.5 Å².